The summed E-state index contributed by atoms with van der Waals surface area (Å²) in [4.78, 5) is 23.8. The van der Waals surface area contributed by atoms with Crippen LogP contribution in [0.1, 0.15) is 55.3 Å². The van der Waals surface area contributed by atoms with Crippen molar-refractivity contribution in [3.63, 3.8) is 0 Å². The van der Waals surface area contributed by atoms with Gasteiger partial charge >= 0.3 is 11.9 Å². The van der Waals surface area contributed by atoms with Gasteiger partial charge in [-0.25, -0.2) is 4.79 Å². The van der Waals surface area contributed by atoms with Gasteiger partial charge in [-0.15, -0.1) is 0 Å². The van der Waals surface area contributed by atoms with Crippen molar-refractivity contribution in [1.29, 1.82) is 0 Å². The van der Waals surface area contributed by atoms with Crippen LogP contribution in [-0.4, -0.2) is 29.1 Å². The van der Waals surface area contributed by atoms with Crippen LogP contribution in [0, 0.1) is 6.92 Å². The number of nitrogens with one attached hydrogen (secondary N) is 1. The number of β-amino-alcohol motifs (C(OH)–C–C–N with tert-alkyl or cyclic N) is 1. The van der Waals surface area contributed by atoms with Gasteiger partial charge in [0.25, 0.3) is 0 Å². The zero-order valence-electron chi connectivity index (χ0n) is 16.9. The zero-order chi connectivity index (χ0) is 20.9. The molecule has 0 unspecified atom stereocenters. The number of hydrogen-bond donors (Lipinski definition) is 2. The second-order valence-electron chi connectivity index (χ2n) is 7.70. The fourth-order valence-corrected chi connectivity index (χ4v) is 2.42. The van der Waals surface area contributed by atoms with Gasteiger partial charge in [-0.3, -0.25) is 4.79 Å². The van der Waals surface area contributed by atoms with Gasteiger partial charge < -0.3 is 19.9 Å². The van der Waals surface area contributed by atoms with E-state index >= 15 is 0 Å². The molecule has 0 aliphatic heterocycles. The molecule has 150 valence electrons. The number of aryl methyl sites for hydroxylation is 1. The quantitative estimate of drug-likeness (QED) is 0.584. The minimum atomic E-state index is -0.810. The molecule has 0 radical (unpaired) electrons. The van der Waals surface area contributed by atoms with Gasteiger partial charge in [-0.2, -0.15) is 0 Å². The van der Waals surface area contributed by atoms with Crippen LogP contribution in [0.15, 0.2) is 42.5 Å². The Hall–Kier alpha value is -2.70. The zero-order valence-corrected chi connectivity index (χ0v) is 16.9. The van der Waals surface area contributed by atoms with Crippen LogP contribution in [0.3, 0.4) is 0 Å². The van der Waals surface area contributed by atoms with Gasteiger partial charge in [0.05, 0.1) is 11.7 Å². The van der Waals surface area contributed by atoms with Crippen molar-refractivity contribution >= 4 is 11.9 Å². The Morgan fingerprint density at radius 1 is 1.04 bits per heavy atom. The first-order valence-electron chi connectivity index (χ1n) is 9.09. The number of carbonyl (C=O) groups is 2. The lowest BCUT2D eigenvalue weighted by Gasteiger charge is -2.23. The van der Waals surface area contributed by atoms with E-state index in [9.17, 15) is 14.7 Å². The maximum Gasteiger partial charge on any atom is 0.343 e. The van der Waals surface area contributed by atoms with E-state index in [-0.39, 0.29) is 17.0 Å². The normalized spacial score (nSPS) is 12.4. The highest BCUT2D eigenvalue weighted by Crippen LogP contribution is 2.31. The summed E-state index contributed by atoms with van der Waals surface area (Å²) >= 11 is 0. The van der Waals surface area contributed by atoms with Crippen molar-refractivity contribution in [2.24, 2.45) is 0 Å². The molecular weight excluding hydrogens is 358 g/mol. The van der Waals surface area contributed by atoms with E-state index < -0.39 is 18.0 Å². The molecule has 1 atom stereocenters. The number of ether oxygens (including phenoxy) is 2. The van der Waals surface area contributed by atoms with E-state index in [4.69, 9.17) is 9.47 Å². The molecule has 0 heterocycles. The molecule has 0 saturated heterocycles. The lowest BCUT2D eigenvalue weighted by Crippen LogP contribution is -2.38. The largest absolute Gasteiger partial charge is 0.423 e. The van der Waals surface area contributed by atoms with Crippen LogP contribution < -0.4 is 14.8 Å². The molecule has 0 aliphatic carbocycles. The molecule has 0 spiro atoms. The minimum Gasteiger partial charge on any atom is -0.423 e. The second kappa shape index (κ2) is 8.99. The number of rotatable bonds is 6. The monoisotopic (exact) mass is 385 g/mol. The third-order valence-electron chi connectivity index (χ3n) is 3.92. The van der Waals surface area contributed by atoms with E-state index in [2.05, 4.69) is 5.32 Å². The highest BCUT2D eigenvalue weighted by Gasteiger charge is 2.18. The topological polar surface area (TPSA) is 84.9 Å². The summed E-state index contributed by atoms with van der Waals surface area (Å²) in [6.45, 7) is 9.50. The van der Waals surface area contributed by atoms with Crippen molar-refractivity contribution < 1.29 is 24.2 Å². The Morgan fingerprint density at radius 3 is 2.25 bits per heavy atom. The highest BCUT2D eigenvalue weighted by atomic mass is 16.6. The summed E-state index contributed by atoms with van der Waals surface area (Å²) in [6.07, 6.45) is -0.810. The lowest BCUT2D eigenvalue weighted by atomic mass is 10.1. The second-order valence-corrected chi connectivity index (χ2v) is 7.70. The van der Waals surface area contributed by atoms with E-state index in [1.54, 1.807) is 18.2 Å². The van der Waals surface area contributed by atoms with Gasteiger partial charge in [0.2, 0.25) is 0 Å². The SMILES string of the molecule is CC(=O)Oc1cc([C@@H](O)CNC(C)(C)C)ccc1OC(=O)c1ccc(C)cc1. The van der Waals surface area contributed by atoms with Gasteiger partial charge in [0, 0.05) is 19.0 Å². The number of esters is 2. The summed E-state index contributed by atoms with van der Waals surface area (Å²) in [7, 11) is 0. The molecule has 0 aromatic heterocycles. The van der Waals surface area contributed by atoms with Crippen molar-refractivity contribution in [2.75, 3.05) is 6.54 Å². The van der Waals surface area contributed by atoms with Crippen LogP contribution in [0.5, 0.6) is 11.5 Å². The average Bonchev–Trinajstić information content (AvgIpc) is 2.60. The minimum absolute atomic E-state index is 0.0836. The van der Waals surface area contributed by atoms with Crippen LogP contribution >= 0.6 is 0 Å². The number of aliphatic hydroxyl groups is 1. The van der Waals surface area contributed by atoms with Gasteiger partial charge in [-0.05, 0) is 57.5 Å². The van der Waals surface area contributed by atoms with Crippen molar-refractivity contribution in [1.82, 2.24) is 5.32 Å². The summed E-state index contributed by atoms with van der Waals surface area (Å²) in [5, 5.41) is 13.6. The molecular formula is C22H27NO5. The third kappa shape index (κ3) is 6.48. The van der Waals surface area contributed by atoms with Crippen molar-refractivity contribution in [3.05, 3.63) is 59.2 Å². The van der Waals surface area contributed by atoms with E-state index in [1.807, 2.05) is 39.8 Å². The van der Waals surface area contributed by atoms with E-state index in [1.165, 1.54) is 19.1 Å². The summed E-state index contributed by atoms with van der Waals surface area (Å²) in [5.41, 5.74) is 1.81. The fraction of sp³-hybridized carbons (Fsp3) is 0.364. The molecule has 28 heavy (non-hydrogen) atoms. The third-order valence-corrected chi connectivity index (χ3v) is 3.92. The molecule has 2 N–H and O–H groups in total. The van der Waals surface area contributed by atoms with Crippen LogP contribution in [0.4, 0.5) is 0 Å². The highest BCUT2D eigenvalue weighted by molar-refractivity contribution is 5.91. The molecule has 6 nitrogen and oxygen atoms in total. The van der Waals surface area contributed by atoms with Gasteiger partial charge in [0.1, 0.15) is 0 Å². The predicted octanol–water partition coefficient (Wildman–Crippen LogP) is 3.56. The van der Waals surface area contributed by atoms with Crippen LogP contribution in [0.25, 0.3) is 0 Å². The molecule has 0 aliphatic rings. The Balaban J connectivity index is 2.22. The molecule has 6 heteroatoms. The molecule has 2 rings (SSSR count). The summed E-state index contributed by atoms with van der Waals surface area (Å²) in [5.74, 6) is -0.913. The van der Waals surface area contributed by atoms with Crippen molar-refractivity contribution in [3.8, 4) is 11.5 Å². The van der Waals surface area contributed by atoms with Crippen LogP contribution in [0.2, 0.25) is 0 Å². The number of hydrogen-bond acceptors (Lipinski definition) is 6. The lowest BCUT2D eigenvalue weighted by molar-refractivity contribution is -0.132. The molecule has 2 aromatic carbocycles. The first-order valence-corrected chi connectivity index (χ1v) is 9.09. The Labute approximate surface area is 165 Å². The number of carbonyl (C=O) groups excluding carboxylic acids is 2. The maximum atomic E-state index is 12.4. The summed E-state index contributed by atoms with van der Waals surface area (Å²) < 4.78 is 10.6. The summed E-state index contributed by atoms with van der Waals surface area (Å²) in [6, 6.07) is 11.6. The molecule has 0 saturated carbocycles. The molecule has 0 bridgehead atoms. The number of benzene rings is 2. The van der Waals surface area contributed by atoms with Crippen LogP contribution in [-0.2, 0) is 4.79 Å². The Bertz CT molecular complexity index is 837. The van der Waals surface area contributed by atoms with Crippen molar-refractivity contribution in [2.45, 2.75) is 46.3 Å². The average molecular weight is 385 g/mol. The smallest absolute Gasteiger partial charge is 0.343 e. The van der Waals surface area contributed by atoms with E-state index in [0.29, 0.717) is 17.7 Å². The number of aliphatic hydroxyl groups excluding tert-OH is 1. The first kappa shape index (κ1) is 21.6. The predicted molar refractivity (Wildman–Crippen MR) is 107 cm³/mol. The molecule has 2 aromatic rings. The Kier molecular flexibility index (Phi) is 6.94. The Morgan fingerprint density at radius 2 is 1.68 bits per heavy atom. The molecule has 0 fully saturated rings. The first-order chi connectivity index (χ1) is 13.0. The van der Waals surface area contributed by atoms with Gasteiger partial charge in [-0.1, -0.05) is 23.8 Å². The van der Waals surface area contributed by atoms with E-state index in [0.717, 1.165) is 5.56 Å². The fourth-order valence-electron chi connectivity index (χ4n) is 2.42. The standard InChI is InChI=1S/C22H27NO5/c1-14-6-8-16(9-7-14)21(26)28-19-11-10-17(12-20(19)27-15(2)24)18(25)13-23-22(3,4)5/h6-12,18,23,25H,13H2,1-5H3/t18-/m0/s1. The maximum absolute atomic E-state index is 12.4. The molecule has 0 amide bonds. The van der Waals surface area contributed by atoms with Gasteiger partial charge in [0.15, 0.2) is 11.5 Å².